The van der Waals surface area contributed by atoms with E-state index < -0.39 is 0 Å². The quantitative estimate of drug-likeness (QED) is 0.838. The van der Waals surface area contributed by atoms with E-state index in [0.717, 1.165) is 22.6 Å². The molecular formula is C10H11ClN4OS. The number of aromatic nitrogens is 3. The SMILES string of the molecule is Cc1nc(Cl)c(C)c(NCc2csc(=O)[nH]2)n1. The first-order chi connectivity index (χ1) is 8.06. The van der Waals surface area contributed by atoms with Crippen molar-refractivity contribution in [3.63, 3.8) is 0 Å². The van der Waals surface area contributed by atoms with E-state index in [2.05, 4.69) is 20.3 Å². The average molecular weight is 271 g/mol. The van der Waals surface area contributed by atoms with Crippen LogP contribution in [0.1, 0.15) is 17.1 Å². The Morgan fingerprint density at radius 3 is 2.88 bits per heavy atom. The fraction of sp³-hybridized carbons (Fsp3) is 0.300. The lowest BCUT2D eigenvalue weighted by Gasteiger charge is -2.09. The highest BCUT2D eigenvalue weighted by atomic mass is 35.5. The second kappa shape index (κ2) is 4.85. The molecule has 0 aliphatic carbocycles. The molecule has 0 aromatic carbocycles. The molecule has 2 aromatic heterocycles. The van der Waals surface area contributed by atoms with Gasteiger partial charge in [0.1, 0.15) is 16.8 Å². The molecular weight excluding hydrogens is 260 g/mol. The summed E-state index contributed by atoms with van der Waals surface area (Å²) in [7, 11) is 0. The van der Waals surface area contributed by atoms with Crippen LogP contribution in [-0.2, 0) is 6.54 Å². The Bertz CT molecular complexity index is 592. The smallest absolute Gasteiger partial charge is 0.304 e. The second-order valence-electron chi connectivity index (χ2n) is 3.56. The summed E-state index contributed by atoms with van der Waals surface area (Å²) in [5, 5.41) is 5.35. The van der Waals surface area contributed by atoms with Crippen LogP contribution >= 0.6 is 22.9 Å². The number of halogens is 1. The number of nitrogens with zero attached hydrogens (tertiary/aromatic N) is 2. The second-order valence-corrected chi connectivity index (χ2v) is 4.76. The first-order valence-electron chi connectivity index (χ1n) is 4.97. The molecule has 5 nitrogen and oxygen atoms in total. The number of H-pyrrole nitrogens is 1. The highest BCUT2D eigenvalue weighted by Crippen LogP contribution is 2.19. The third-order valence-electron chi connectivity index (χ3n) is 2.22. The third kappa shape index (κ3) is 2.83. The van der Waals surface area contributed by atoms with Gasteiger partial charge in [-0.1, -0.05) is 22.9 Å². The fourth-order valence-corrected chi connectivity index (χ4v) is 2.14. The summed E-state index contributed by atoms with van der Waals surface area (Å²) in [5.41, 5.74) is 1.63. The minimum atomic E-state index is -0.0598. The largest absolute Gasteiger partial charge is 0.364 e. The number of hydrogen-bond acceptors (Lipinski definition) is 5. The van der Waals surface area contributed by atoms with Gasteiger partial charge in [-0.15, -0.1) is 0 Å². The number of hydrogen-bond donors (Lipinski definition) is 2. The highest BCUT2D eigenvalue weighted by molar-refractivity contribution is 7.07. The highest BCUT2D eigenvalue weighted by Gasteiger charge is 2.07. The number of nitrogens with one attached hydrogen (secondary N) is 2. The van der Waals surface area contributed by atoms with Crippen molar-refractivity contribution in [2.45, 2.75) is 20.4 Å². The minimum Gasteiger partial charge on any atom is -0.364 e. The Morgan fingerprint density at radius 1 is 1.47 bits per heavy atom. The van der Waals surface area contributed by atoms with E-state index in [9.17, 15) is 4.79 Å². The first kappa shape index (κ1) is 12.1. The van der Waals surface area contributed by atoms with E-state index in [1.54, 1.807) is 12.3 Å². The lowest BCUT2D eigenvalue weighted by Crippen LogP contribution is -2.07. The summed E-state index contributed by atoms with van der Waals surface area (Å²) in [6.45, 7) is 4.13. The molecule has 7 heteroatoms. The van der Waals surface area contributed by atoms with Crippen LogP contribution in [0.3, 0.4) is 0 Å². The summed E-state index contributed by atoms with van der Waals surface area (Å²) in [6, 6.07) is 0. The minimum absolute atomic E-state index is 0.0598. The summed E-state index contributed by atoms with van der Waals surface area (Å²) in [5.74, 6) is 1.30. The van der Waals surface area contributed by atoms with Crippen molar-refractivity contribution in [2.75, 3.05) is 5.32 Å². The van der Waals surface area contributed by atoms with Crippen molar-refractivity contribution in [1.29, 1.82) is 0 Å². The predicted octanol–water partition coefficient (Wildman–Crippen LogP) is 2.11. The maximum absolute atomic E-state index is 11.0. The molecule has 2 rings (SSSR count). The van der Waals surface area contributed by atoms with Gasteiger partial charge >= 0.3 is 4.87 Å². The zero-order valence-electron chi connectivity index (χ0n) is 9.37. The van der Waals surface area contributed by atoms with Crippen LogP contribution in [0, 0.1) is 13.8 Å². The summed E-state index contributed by atoms with van der Waals surface area (Å²) in [6.07, 6.45) is 0. The molecule has 0 radical (unpaired) electrons. The number of rotatable bonds is 3. The van der Waals surface area contributed by atoms with E-state index >= 15 is 0 Å². The molecule has 0 saturated carbocycles. The molecule has 0 aliphatic rings. The Kier molecular flexibility index (Phi) is 3.44. The summed E-state index contributed by atoms with van der Waals surface area (Å²) < 4.78 is 0. The Balaban J connectivity index is 2.16. The number of aromatic amines is 1. The maximum atomic E-state index is 11.0. The molecule has 0 fully saturated rings. The van der Waals surface area contributed by atoms with Crippen LogP contribution in [0.4, 0.5) is 5.82 Å². The van der Waals surface area contributed by atoms with Gasteiger partial charge in [0.2, 0.25) is 0 Å². The van der Waals surface area contributed by atoms with Gasteiger partial charge in [0.15, 0.2) is 0 Å². The average Bonchev–Trinajstić information content (AvgIpc) is 2.67. The molecule has 17 heavy (non-hydrogen) atoms. The maximum Gasteiger partial charge on any atom is 0.304 e. The Labute approximate surface area is 107 Å². The molecule has 0 spiro atoms. The third-order valence-corrected chi connectivity index (χ3v) is 3.30. The van der Waals surface area contributed by atoms with E-state index in [4.69, 9.17) is 11.6 Å². The molecule has 0 saturated heterocycles. The molecule has 2 aromatic rings. The number of thiazole rings is 1. The Hall–Kier alpha value is -1.40. The van der Waals surface area contributed by atoms with Gasteiger partial charge in [-0.2, -0.15) is 0 Å². The Morgan fingerprint density at radius 2 is 2.24 bits per heavy atom. The van der Waals surface area contributed by atoms with Crippen molar-refractivity contribution in [1.82, 2.24) is 15.0 Å². The van der Waals surface area contributed by atoms with Crippen molar-refractivity contribution < 1.29 is 0 Å². The van der Waals surface area contributed by atoms with Crippen molar-refractivity contribution in [3.8, 4) is 0 Å². The zero-order chi connectivity index (χ0) is 12.4. The zero-order valence-corrected chi connectivity index (χ0v) is 10.9. The lowest BCUT2D eigenvalue weighted by atomic mass is 10.3. The van der Waals surface area contributed by atoms with Crippen LogP contribution < -0.4 is 10.2 Å². The van der Waals surface area contributed by atoms with E-state index in [1.165, 1.54) is 0 Å². The van der Waals surface area contributed by atoms with Gasteiger partial charge in [0.05, 0.1) is 6.54 Å². The molecule has 2 heterocycles. The van der Waals surface area contributed by atoms with Gasteiger partial charge in [0, 0.05) is 16.6 Å². The van der Waals surface area contributed by atoms with Gasteiger partial charge in [-0.3, -0.25) is 4.79 Å². The molecule has 0 bridgehead atoms. The van der Waals surface area contributed by atoms with Gasteiger partial charge in [-0.25, -0.2) is 9.97 Å². The molecule has 2 N–H and O–H groups in total. The van der Waals surface area contributed by atoms with Gasteiger partial charge < -0.3 is 10.3 Å². The molecule has 0 atom stereocenters. The van der Waals surface area contributed by atoms with E-state index in [-0.39, 0.29) is 4.87 Å². The van der Waals surface area contributed by atoms with Crippen LogP contribution in [0.15, 0.2) is 10.2 Å². The monoisotopic (exact) mass is 270 g/mol. The van der Waals surface area contributed by atoms with E-state index in [0.29, 0.717) is 23.3 Å². The number of aryl methyl sites for hydroxylation is 1. The summed E-state index contributed by atoms with van der Waals surface area (Å²) in [4.78, 5) is 21.9. The number of anilines is 1. The standard InChI is InChI=1S/C10H11ClN4OS/c1-5-8(11)13-6(2)14-9(5)12-3-7-4-17-10(16)15-7/h4H,3H2,1-2H3,(H,15,16)(H,12,13,14). The van der Waals surface area contributed by atoms with Gasteiger partial charge in [-0.05, 0) is 13.8 Å². The van der Waals surface area contributed by atoms with Crippen LogP contribution in [0.5, 0.6) is 0 Å². The molecule has 0 aliphatic heterocycles. The molecule has 0 amide bonds. The normalized spacial score (nSPS) is 10.5. The van der Waals surface area contributed by atoms with Crippen LogP contribution in [0.25, 0.3) is 0 Å². The first-order valence-corrected chi connectivity index (χ1v) is 6.23. The summed E-state index contributed by atoms with van der Waals surface area (Å²) >= 11 is 7.10. The fourth-order valence-electron chi connectivity index (χ4n) is 1.35. The molecule has 0 unspecified atom stereocenters. The van der Waals surface area contributed by atoms with Crippen molar-refractivity contribution >= 4 is 28.8 Å². The van der Waals surface area contributed by atoms with Crippen molar-refractivity contribution in [3.05, 3.63) is 37.3 Å². The lowest BCUT2D eigenvalue weighted by molar-refractivity contribution is 0.985. The van der Waals surface area contributed by atoms with Crippen LogP contribution in [0.2, 0.25) is 5.15 Å². The van der Waals surface area contributed by atoms with E-state index in [1.807, 2.05) is 6.92 Å². The van der Waals surface area contributed by atoms with Crippen molar-refractivity contribution in [2.24, 2.45) is 0 Å². The van der Waals surface area contributed by atoms with Crippen LogP contribution in [-0.4, -0.2) is 15.0 Å². The van der Waals surface area contributed by atoms with Gasteiger partial charge in [0.25, 0.3) is 0 Å². The molecule has 90 valence electrons. The topological polar surface area (TPSA) is 70.7 Å². The predicted molar refractivity (Wildman–Crippen MR) is 68.8 cm³/mol.